The molecule has 5 nitrogen and oxygen atoms in total. The van der Waals surface area contributed by atoms with Gasteiger partial charge >= 0.3 is 0 Å². The number of fused-ring (bicyclic) bond motifs is 2. The molecule has 2 atom stereocenters. The molecular weight excluding hydrogens is 300 g/mol. The van der Waals surface area contributed by atoms with Crippen molar-refractivity contribution >= 4 is 28.4 Å². The summed E-state index contributed by atoms with van der Waals surface area (Å²) < 4.78 is 0. The van der Waals surface area contributed by atoms with Crippen molar-refractivity contribution in [1.82, 2.24) is 20.0 Å². The van der Waals surface area contributed by atoms with Crippen LogP contribution in [-0.2, 0) is 0 Å². The number of nitrogens with one attached hydrogen (secondary N) is 1. The van der Waals surface area contributed by atoms with Crippen molar-refractivity contribution < 1.29 is 4.79 Å². The van der Waals surface area contributed by atoms with Crippen molar-refractivity contribution in [2.24, 2.45) is 11.8 Å². The second-order valence-corrected chi connectivity index (χ2v) is 6.82. The van der Waals surface area contributed by atoms with E-state index >= 15 is 0 Å². The first kappa shape index (κ1) is 12.5. The quantitative estimate of drug-likeness (QED) is 0.879. The van der Waals surface area contributed by atoms with Crippen molar-refractivity contribution in [2.75, 3.05) is 19.6 Å². The van der Waals surface area contributed by atoms with Crippen LogP contribution in [0.25, 0.3) is 10.9 Å². The van der Waals surface area contributed by atoms with Crippen LogP contribution in [0.2, 0.25) is 5.02 Å². The van der Waals surface area contributed by atoms with Crippen LogP contribution in [0.4, 0.5) is 0 Å². The number of nitrogens with zero attached hydrogens (tertiary/aromatic N) is 3. The highest BCUT2D eigenvalue weighted by Crippen LogP contribution is 2.44. The molecule has 112 valence electrons. The van der Waals surface area contributed by atoms with E-state index in [9.17, 15) is 4.79 Å². The molecule has 6 rings (SSSR count). The number of piperidine rings is 1. The van der Waals surface area contributed by atoms with Crippen LogP contribution >= 0.6 is 11.6 Å². The topological polar surface area (TPSA) is 52.2 Å². The minimum atomic E-state index is -0.00364. The molecule has 1 N–H and O–H groups in total. The van der Waals surface area contributed by atoms with E-state index < -0.39 is 0 Å². The van der Waals surface area contributed by atoms with Gasteiger partial charge in [0.1, 0.15) is 0 Å². The summed E-state index contributed by atoms with van der Waals surface area (Å²) in [4.78, 5) is 17.2. The molecule has 4 aliphatic rings. The Balaban J connectivity index is 1.56. The van der Waals surface area contributed by atoms with Crippen molar-refractivity contribution in [3.05, 3.63) is 40.8 Å². The SMILES string of the molecule is O=C(c1n[nH]c2cc(Cl)ccc12)N1C[C@@H]2CN3C=C1[C@H]2CC3. The monoisotopic (exact) mass is 314 g/mol. The van der Waals surface area contributed by atoms with Gasteiger partial charge in [0.15, 0.2) is 5.69 Å². The zero-order chi connectivity index (χ0) is 14.8. The van der Waals surface area contributed by atoms with Gasteiger partial charge < -0.3 is 9.80 Å². The molecule has 0 spiro atoms. The second kappa shape index (κ2) is 4.26. The van der Waals surface area contributed by atoms with Gasteiger partial charge in [-0.1, -0.05) is 11.6 Å². The van der Waals surface area contributed by atoms with Crippen LogP contribution in [0.3, 0.4) is 0 Å². The number of likely N-dealkylation sites (tertiary alicyclic amines) is 1. The zero-order valence-corrected chi connectivity index (χ0v) is 12.7. The van der Waals surface area contributed by atoms with E-state index in [0.717, 1.165) is 37.0 Å². The largest absolute Gasteiger partial charge is 0.376 e. The lowest BCUT2D eigenvalue weighted by Crippen LogP contribution is -2.40. The third-order valence-corrected chi connectivity index (χ3v) is 5.40. The van der Waals surface area contributed by atoms with Crippen molar-refractivity contribution in [3.8, 4) is 0 Å². The molecule has 0 unspecified atom stereocenters. The second-order valence-electron chi connectivity index (χ2n) is 6.38. The molecule has 2 saturated heterocycles. The van der Waals surface area contributed by atoms with E-state index in [2.05, 4.69) is 21.3 Å². The molecule has 1 amide bonds. The van der Waals surface area contributed by atoms with Crippen LogP contribution < -0.4 is 0 Å². The Labute approximate surface area is 132 Å². The average molecular weight is 315 g/mol. The Morgan fingerprint density at radius 2 is 2.27 bits per heavy atom. The lowest BCUT2D eigenvalue weighted by atomic mass is 9.84. The Morgan fingerprint density at radius 1 is 1.36 bits per heavy atom. The van der Waals surface area contributed by atoms with Gasteiger partial charge in [-0.3, -0.25) is 9.89 Å². The summed E-state index contributed by atoms with van der Waals surface area (Å²) in [5, 5.41) is 8.63. The van der Waals surface area contributed by atoms with Gasteiger partial charge in [-0.05, 0) is 24.6 Å². The zero-order valence-electron chi connectivity index (χ0n) is 11.9. The van der Waals surface area contributed by atoms with Gasteiger partial charge in [0.25, 0.3) is 5.91 Å². The van der Waals surface area contributed by atoms with Crippen LogP contribution in [-0.4, -0.2) is 45.5 Å². The van der Waals surface area contributed by atoms with Gasteiger partial charge in [-0.25, -0.2) is 0 Å². The van der Waals surface area contributed by atoms with Crippen molar-refractivity contribution in [3.63, 3.8) is 0 Å². The van der Waals surface area contributed by atoms with E-state index in [0.29, 0.717) is 22.6 Å². The van der Waals surface area contributed by atoms with Gasteiger partial charge in [-0.15, -0.1) is 0 Å². The molecule has 6 heteroatoms. The number of benzene rings is 1. The van der Waals surface area contributed by atoms with E-state index in [1.165, 1.54) is 5.70 Å². The van der Waals surface area contributed by atoms with Crippen LogP contribution in [0.1, 0.15) is 16.9 Å². The molecule has 2 aromatic rings. The fraction of sp³-hybridized carbons (Fsp3) is 0.375. The predicted molar refractivity (Wildman–Crippen MR) is 83.4 cm³/mol. The fourth-order valence-electron chi connectivity index (χ4n) is 4.13. The lowest BCUT2D eigenvalue weighted by molar-refractivity contribution is 0.0816. The number of hydrogen-bond donors (Lipinski definition) is 1. The smallest absolute Gasteiger partial charge is 0.279 e. The third kappa shape index (κ3) is 1.60. The van der Waals surface area contributed by atoms with E-state index in [1.807, 2.05) is 11.0 Å². The molecular formula is C16H15ClN4O. The van der Waals surface area contributed by atoms with Crippen molar-refractivity contribution in [1.29, 1.82) is 0 Å². The highest BCUT2D eigenvalue weighted by molar-refractivity contribution is 6.31. The molecule has 4 aliphatic heterocycles. The number of H-pyrrole nitrogens is 1. The molecule has 1 aromatic carbocycles. The highest BCUT2D eigenvalue weighted by atomic mass is 35.5. The van der Waals surface area contributed by atoms with Crippen molar-refractivity contribution in [2.45, 2.75) is 6.42 Å². The molecule has 22 heavy (non-hydrogen) atoms. The summed E-state index contributed by atoms with van der Waals surface area (Å²) in [6, 6.07) is 5.46. The number of amides is 1. The average Bonchev–Trinajstić information content (AvgIpc) is 3.05. The molecule has 4 bridgehead atoms. The first-order valence-electron chi connectivity index (χ1n) is 7.62. The summed E-state index contributed by atoms with van der Waals surface area (Å²) in [6.07, 6.45) is 3.33. The molecule has 5 heterocycles. The summed E-state index contributed by atoms with van der Waals surface area (Å²) >= 11 is 5.99. The first-order chi connectivity index (χ1) is 10.7. The number of halogens is 1. The number of carbonyl (C=O) groups excluding carboxylic acids is 1. The number of aromatic amines is 1. The molecule has 0 saturated carbocycles. The number of aromatic nitrogens is 2. The van der Waals surface area contributed by atoms with E-state index in [1.54, 1.807) is 12.1 Å². The lowest BCUT2D eigenvalue weighted by Gasteiger charge is -2.39. The fourth-order valence-corrected chi connectivity index (χ4v) is 4.30. The Bertz CT molecular complexity index is 827. The maximum absolute atomic E-state index is 13.0. The first-order valence-corrected chi connectivity index (χ1v) is 8.00. The van der Waals surface area contributed by atoms with Gasteiger partial charge in [-0.2, -0.15) is 5.10 Å². The molecule has 2 fully saturated rings. The minimum absolute atomic E-state index is 0.00364. The summed E-state index contributed by atoms with van der Waals surface area (Å²) in [5.41, 5.74) is 2.47. The van der Waals surface area contributed by atoms with E-state index in [4.69, 9.17) is 11.6 Å². The normalized spacial score (nSPS) is 26.0. The van der Waals surface area contributed by atoms with Crippen LogP contribution in [0.15, 0.2) is 30.1 Å². The Kier molecular flexibility index (Phi) is 2.42. The van der Waals surface area contributed by atoms with Crippen LogP contribution in [0, 0.1) is 11.8 Å². The minimum Gasteiger partial charge on any atom is -0.376 e. The number of rotatable bonds is 1. The molecule has 0 aliphatic carbocycles. The highest BCUT2D eigenvalue weighted by Gasteiger charge is 2.46. The Morgan fingerprint density at radius 3 is 3.09 bits per heavy atom. The summed E-state index contributed by atoms with van der Waals surface area (Å²) in [7, 11) is 0. The maximum Gasteiger partial charge on any atom is 0.279 e. The van der Waals surface area contributed by atoms with Gasteiger partial charge in [0, 0.05) is 53.8 Å². The van der Waals surface area contributed by atoms with Gasteiger partial charge in [0.05, 0.1) is 5.52 Å². The molecule has 1 aromatic heterocycles. The number of hydrogen-bond acceptors (Lipinski definition) is 3. The maximum atomic E-state index is 13.0. The standard InChI is InChI=1S/C16H15ClN4O/c17-10-1-2-12-13(5-10)18-19-15(12)16(22)21-7-9-6-20-4-3-11(9)14(21)8-20/h1-2,5,8-9,11H,3-4,6-7H2,(H,18,19)/t9-,11-/m0/s1. The number of allylic oxidation sites excluding steroid dienone is 1. The molecule has 0 radical (unpaired) electrons. The summed E-state index contributed by atoms with van der Waals surface area (Å²) in [5.74, 6) is 1.13. The van der Waals surface area contributed by atoms with Crippen LogP contribution in [0.5, 0.6) is 0 Å². The van der Waals surface area contributed by atoms with E-state index in [-0.39, 0.29) is 5.91 Å². The van der Waals surface area contributed by atoms with Gasteiger partial charge in [0.2, 0.25) is 0 Å². The number of carbonyl (C=O) groups is 1. The predicted octanol–water partition coefficient (Wildman–Crippen LogP) is 2.47. The Hall–Kier alpha value is -2.01. The third-order valence-electron chi connectivity index (χ3n) is 5.16. The summed E-state index contributed by atoms with van der Waals surface area (Å²) in [6.45, 7) is 3.01.